The molecule has 1 aromatic carbocycles. The Labute approximate surface area is 158 Å². The summed E-state index contributed by atoms with van der Waals surface area (Å²) in [4.78, 5) is 14.6. The molecular weight excluding hydrogens is 376 g/mol. The van der Waals surface area contributed by atoms with Crippen molar-refractivity contribution in [3.63, 3.8) is 0 Å². The zero-order valence-electron chi connectivity index (χ0n) is 14.4. The van der Waals surface area contributed by atoms with Crippen molar-refractivity contribution in [1.82, 2.24) is 19.4 Å². The lowest BCUT2D eigenvalue weighted by Gasteiger charge is -2.35. The van der Waals surface area contributed by atoms with Gasteiger partial charge >= 0.3 is 0 Å². The van der Waals surface area contributed by atoms with Crippen LogP contribution < -0.4 is 4.72 Å². The summed E-state index contributed by atoms with van der Waals surface area (Å²) >= 11 is 6.00. The van der Waals surface area contributed by atoms with Crippen LogP contribution in [0.4, 0.5) is 0 Å². The van der Waals surface area contributed by atoms with E-state index in [1.54, 1.807) is 34.0 Å². The molecule has 1 aliphatic heterocycles. The summed E-state index contributed by atoms with van der Waals surface area (Å²) in [5.74, 6) is -0.189. The minimum atomic E-state index is -3.29. The summed E-state index contributed by atoms with van der Waals surface area (Å²) < 4.78 is 26.8. The van der Waals surface area contributed by atoms with Gasteiger partial charge in [0.2, 0.25) is 10.0 Å². The Kier molecular flexibility index (Phi) is 5.64. The lowest BCUT2D eigenvalue weighted by molar-refractivity contribution is 0.0612. The third-order valence-corrected chi connectivity index (χ3v) is 5.28. The van der Waals surface area contributed by atoms with Crippen molar-refractivity contribution in [2.75, 3.05) is 19.3 Å². The Balaban J connectivity index is 1.77. The number of likely N-dealkylation sites (tertiary alicyclic amines) is 1. The predicted octanol–water partition coefficient (Wildman–Crippen LogP) is 2.07. The lowest BCUT2D eigenvalue weighted by atomic mass is 10.0. The second-order valence-corrected chi connectivity index (χ2v) is 8.66. The number of carbonyl (C=O) groups is 1. The average molecular weight is 397 g/mol. The van der Waals surface area contributed by atoms with Gasteiger partial charge in [0, 0.05) is 30.4 Å². The van der Waals surface area contributed by atoms with Gasteiger partial charge in [0.15, 0.2) is 5.69 Å². The van der Waals surface area contributed by atoms with E-state index < -0.39 is 10.0 Å². The van der Waals surface area contributed by atoms with Crippen LogP contribution >= 0.6 is 11.6 Å². The third-order valence-electron chi connectivity index (χ3n) is 4.35. The molecule has 1 amide bonds. The van der Waals surface area contributed by atoms with Gasteiger partial charge in [0.1, 0.15) is 0 Å². The number of benzene rings is 1. The fourth-order valence-electron chi connectivity index (χ4n) is 3.08. The zero-order valence-corrected chi connectivity index (χ0v) is 16.0. The summed E-state index contributed by atoms with van der Waals surface area (Å²) in [5.41, 5.74) is 1.10. The largest absolute Gasteiger partial charge is 0.333 e. The Morgan fingerprint density at radius 1 is 1.35 bits per heavy atom. The first-order chi connectivity index (χ1) is 12.3. The number of amides is 1. The van der Waals surface area contributed by atoms with Gasteiger partial charge in [-0.3, -0.25) is 4.79 Å². The average Bonchev–Trinajstić information content (AvgIpc) is 3.09. The maximum atomic E-state index is 12.9. The molecule has 1 unspecified atom stereocenters. The van der Waals surface area contributed by atoms with Crippen LogP contribution in [0.3, 0.4) is 0 Å². The van der Waals surface area contributed by atoms with Gasteiger partial charge in [-0.1, -0.05) is 17.7 Å². The van der Waals surface area contributed by atoms with E-state index in [2.05, 4.69) is 9.82 Å². The van der Waals surface area contributed by atoms with E-state index >= 15 is 0 Å². The molecule has 3 rings (SSSR count). The van der Waals surface area contributed by atoms with Crippen molar-refractivity contribution < 1.29 is 13.2 Å². The molecule has 26 heavy (non-hydrogen) atoms. The summed E-state index contributed by atoms with van der Waals surface area (Å²) in [6.45, 7) is 0.818. The van der Waals surface area contributed by atoms with Gasteiger partial charge in [-0.25, -0.2) is 17.8 Å². The first kappa shape index (κ1) is 18.9. The molecule has 7 nitrogen and oxygen atoms in total. The van der Waals surface area contributed by atoms with E-state index in [0.717, 1.165) is 31.2 Å². The highest BCUT2D eigenvalue weighted by Crippen LogP contribution is 2.20. The van der Waals surface area contributed by atoms with Crippen LogP contribution in [0.5, 0.6) is 0 Å². The zero-order chi connectivity index (χ0) is 18.7. The van der Waals surface area contributed by atoms with E-state index in [9.17, 15) is 13.2 Å². The Morgan fingerprint density at radius 2 is 2.15 bits per heavy atom. The monoisotopic (exact) mass is 396 g/mol. The minimum absolute atomic E-state index is 0.165. The van der Waals surface area contributed by atoms with Crippen molar-refractivity contribution in [3.05, 3.63) is 47.2 Å². The molecule has 0 spiro atoms. The number of hydrogen-bond donors (Lipinski definition) is 1. The molecule has 0 aliphatic carbocycles. The normalized spacial score (nSPS) is 18.1. The number of aromatic nitrogens is 2. The van der Waals surface area contributed by atoms with E-state index in [1.165, 1.54) is 0 Å². The first-order valence-electron chi connectivity index (χ1n) is 8.41. The maximum Gasteiger partial charge on any atom is 0.274 e. The van der Waals surface area contributed by atoms with Crippen LogP contribution in [0.1, 0.15) is 29.8 Å². The number of nitrogens with zero attached hydrogens (tertiary/aromatic N) is 3. The molecule has 140 valence electrons. The number of halogens is 1. The van der Waals surface area contributed by atoms with Crippen LogP contribution in [-0.4, -0.2) is 54.4 Å². The van der Waals surface area contributed by atoms with Crippen molar-refractivity contribution in [2.45, 2.75) is 25.3 Å². The molecule has 0 saturated carbocycles. The van der Waals surface area contributed by atoms with E-state index in [1.807, 2.05) is 12.1 Å². The Hall–Kier alpha value is -1.90. The number of rotatable bonds is 5. The number of piperidine rings is 1. The molecule has 2 heterocycles. The Morgan fingerprint density at radius 3 is 2.88 bits per heavy atom. The highest BCUT2D eigenvalue weighted by Gasteiger charge is 2.29. The third kappa shape index (κ3) is 4.63. The van der Waals surface area contributed by atoms with Crippen LogP contribution in [0.25, 0.3) is 5.69 Å². The van der Waals surface area contributed by atoms with Crippen LogP contribution in [0.2, 0.25) is 5.02 Å². The lowest BCUT2D eigenvalue weighted by Crippen LogP contribution is -2.49. The summed E-state index contributed by atoms with van der Waals surface area (Å²) in [6.07, 6.45) is 5.47. The second kappa shape index (κ2) is 7.77. The molecule has 1 aromatic heterocycles. The van der Waals surface area contributed by atoms with Crippen molar-refractivity contribution in [1.29, 1.82) is 0 Å². The van der Waals surface area contributed by atoms with Crippen LogP contribution in [0.15, 0.2) is 36.5 Å². The molecule has 1 atom stereocenters. The van der Waals surface area contributed by atoms with Crippen LogP contribution in [-0.2, 0) is 10.0 Å². The molecule has 0 radical (unpaired) electrons. The highest BCUT2D eigenvalue weighted by atomic mass is 35.5. The topological polar surface area (TPSA) is 84.3 Å². The molecule has 1 N–H and O–H groups in total. The summed E-state index contributed by atoms with van der Waals surface area (Å²) in [6, 6.07) is 8.71. The summed E-state index contributed by atoms with van der Waals surface area (Å²) in [7, 11) is -3.29. The first-order valence-corrected chi connectivity index (χ1v) is 10.7. The molecule has 0 bridgehead atoms. The maximum absolute atomic E-state index is 12.9. The van der Waals surface area contributed by atoms with Crippen LogP contribution in [0, 0.1) is 0 Å². The highest BCUT2D eigenvalue weighted by molar-refractivity contribution is 7.88. The second-order valence-electron chi connectivity index (χ2n) is 6.39. The van der Waals surface area contributed by atoms with Gasteiger partial charge in [-0.05, 0) is 43.5 Å². The molecule has 2 aromatic rings. The van der Waals surface area contributed by atoms with E-state index in [4.69, 9.17) is 11.6 Å². The molecule has 9 heteroatoms. The predicted molar refractivity (Wildman–Crippen MR) is 100 cm³/mol. The quantitative estimate of drug-likeness (QED) is 0.838. The van der Waals surface area contributed by atoms with Gasteiger partial charge in [-0.15, -0.1) is 0 Å². The standard InChI is InChI=1S/C17H21ClN4O3S/c1-26(24,25)19-12-15-6-2-3-9-21(15)17(23)16-8-10-22(20-16)14-7-4-5-13(18)11-14/h4-5,7-8,10-11,15,19H,2-3,6,9,12H2,1H3. The molecule has 1 saturated heterocycles. The van der Waals surface area contributed by atoms with Gasteiger partial charge in [-0.2, -0.15) is 5.10 Å². The fourth-order valence-corrected chi connectivity index (χ4v) is 3.75. The van der Waals surface area contributed by atoms with Gasteiger partial charge < -0.3 is 4.90 Å². The number of carbonyl (C=O) groups excluding carboxylic acids is 1. The van der Waals surface area contributed by atoms with Crippen molar-refractivity contribution in [2.24, 2.45) is 0 Å². The smallest absolute Gasteiger partial charge is 0.274 e. The summed E-state index contributed by atoms with van der Waals surface area (Å²) in [5, 5.41) is 4.96. The van der Waals surface area contributed by atoms with Gasteiger partial charge in [0.25, 0.3) is 5.91 Å². The van der Waals surface area contributed by atoms with Crippen molar-refractivity contribution in [3.8, 4) is 5.69 Å². The Bertz CT molecular complexity index is 897. The fraction of sp³-hybridized carbons (Fsp3) is 0.412. The minimum Gasteiger partial charge on any atom is -0.333 e. The van der Waals surface area contributed by atoms with E-state index in [-0.39, 0.29) is 18.5 Å². The number of hydrogen-bond acceptors (Lipinski definition) is 4. The number of nitrogens with one attached hydrogen (secondary N) is 1. The van der Waals surface area contributed by atoms with Gasteiger partial charge in [0.05, 0.1) is 11.9 Å². The van der Waals surface area contributed by atoms with E-state index in [0.29, 0.717) is 17.3 Å². The number of sulfonamides is 1. The molecular formula is C17H21ClN4O3S. The molecule has 1 fully saturated rings. The van der Waals surface area contributed by atoms with Crippen molar-refractivity contribution >= 4 is 27.5 Å². The SMILES string of the molecule is CS(=O)(=O)NCC1CCCCN1C(=O)c1ccn(-c2cccc(Cl)c2)n1. The molecule has 1 aliphatic rings.